The summed E-state index contributed by atoms with van der Waals surface area (Å²) in [6.07, 6.45) is 3.58. The predicted octanol–water partition coefficient (Wildman–Crippen LogP) is 3.83. The molecule has 0 aliphatic carbocycles. The zero-order chi connectivity index (χ0) is 19.5. The maximum absolute atomic E-state index is 8.85. The summed E-state index contributed by atoms with van der Waals surface area (Å²) in [5.74, 6) is 1.24. The predicted molar refractivity (Wildman–Crippen MR) is 113 cm³/mol. The van der Waals surface area contributed by atoms with Crippen molar-refractivity contribution in [1.82, 2.24) is 9.97 Å². The second-order valence-corrected chi connectivity index (χ2v) is 6.93. The minimum absolute atomic E-state index is 0.0162. The van der Waals surface area contributed by atoms with Gasteiger partial charge in [-0.2, -0.15) is 0 Å². The molecule has 142 valence electrons. The minimum Gasteiger partial charge on any atom is -0.491 e. The van der Waals surface area contributed by atoms with Crippen LogP contribution in [-0.4, -0.2) is 28.3 Å². The van der Waals surface area contributed by atoms with Gasteiger partial charge < -0.3 is 15.6 Å². The lowest BCUT2D eigenvalue weighted by molar-refractivity contribution is 0.201. The van der Waals surface area contributed by atoms with Gasteiger partial charge in [0, 0.05) is 17.0 Å². The molecule has 4 rings (SSSR count). The van der Waals surface area contributed by atoms with Gasteiger partial charge in [-0.25, -0.2) is 4.98 Å². The van der Waals surface area contributed by atoms with Crippen molar-refractivity contribution in [2.24, 2.45) is 0 Å². The summed E-state index contributed by atoms with van der Waals surface area (Å²) in [5.41, 5.74) is 11.5. The third kappa shape index (κ3) is 3.62. The second kappa shape index (κ2) is 7.82. The van der Waals surface area contributed by atoms with E-state index in [0.29, 0.717) is 12.4 Å². The number of pyridine rings is 2. The van der Waals surface area contributed by atoms with E-state index >= 15 is 0 Å². The number of aryl methyl sites for hydroxylation is 3. The molecule has 0 saturated heterocycles. The number of aliphatic hydroxyl groups is 1. The normalized spacial score (nSPS) is 11.2. The highest BCUT2D eigenvalue weighted by Crippen LogP contribution is 2.30. The van der Waals surface area contributed by atoms with Gasteiger partial charge in [-0.15, -0.1) is 0 Å². The van der Waals surface area contributed by atoms with Crippen molar-refractivity contribution in [1.29, 1.82) is 0 Å². The highest BCUT2D eigenvalue weighted by Gasteiger charge is 2.12. The van der Waals surface area contributed by atoms with Gasteiger partial charge in [0.15, 0.2) is 5.82 Å². The summed E-state index contributed by atoms with van der Waals surface area (Å²) in [6, 6.07) is 16.3. The van der Waals surface area contributed by atoms with Crippen LogP contribution in [0.5, 0.6) is 5.75 Å². The summed E-state index contributed by atoms with van der Waals surface area (Å²) in [7, 11) is 0. The lowest BCUT2D eigenvalue weighted by atomic mass is 9.98. The molecule has 0 amide bonds. The van der Waals surface area contributed by atoms with E-state index in [1.54, 1.807) is 0 Å². The third-order valence-corrected chi connectivity index (χ3v) is 4.91. The number of fused-ring (bicyclic) bond motifs is 3. The summed E-state index contributed by atoms with van der Waals surface area (Å²) >= 11 is 0. The Morgan fingerprint density at radius 1 is 1.04 bits per heavy atom. The third-order valence-electron chi connectivity index (χ3n) is 4.91. The Balaban J connectivity index is 1.66. The molecular weight excluding hydrogens is 350 g/mol. The van der Waals surface area contributed by atoms with E-state index in [4.69, 9.17) is 15.6 Å². The molecule has 0 bridgehead atoms. The number of benzene rings is 2. The highest BCUT2D eigenvalue weighted by atomic mass is 16.5. The fraction of sp³-hybridized carbons (Fsp3) is 0.217. The SMILES string of the molecule is Cc1ccc2c(c1)nc(N)c1nccc(CCc3ccc(OCCO)cc3)c12. The number of aromatic nitrogens is 2. The van der Waals surface area contributed by atoms with Gasteiger partial charge >= 0.3 is 0 Å². The Kier molecular flexibility index (Phi) is 5.08. The lowest BCUT2D eigenvalue weighted by Gasteiger charge is -2.11. The van der Waals surface area contributed by atoms with Crippen LogP contribution < -0.4 is 10.5 Å². The fourth-order valence-corrected chi connectivity index (χ4v) is 3.53. The summed E-state index contributed by atoms with van der Waals surface area (Å²) in [4.78, 5) is 9.03. The van der Waals surface area contributed by atoms with Crippen molar-refractivity contribution in [3.05, 3.63) is 71.4 Å². The first kappa shape index (κ1) is 18.2. The molecule has 0 unspecified atom stereocenters. The van der Waals surface area contributed by atoms with Crippen LogP contribution in [0, 0.1) is 6.92 Å². The van der Waals surface area contributed by atoms with Crippen LogP contribution in [0.25, 0.3) is 21.8 Å². The van der Waals surface area contributed by atoms with E-state index in [2.05, 4.69) is 53.3 Å². The minimum atomic E-state index is 0.0162. The van der Waals surface area contributed by atoms with E-state index in [1.807, 2.05) is 18.3 Å². The molecule has 0 aliphatic heterocycles. The molecule has 0 aliphatic rings. The molecular formula is C23H23N3O2. The van der Waals surface area contributed by atoms with Crippen LogP contribution in [0.2, 0.25) is 0 Å². The van der Waals surface area contributed by atoms with Gasteiger partial charge in [0.05, 0.1) is 12.1 Å². The molecule has 2 heterocycles. The van der Waals surface area contributed by atoms with Crippen molar-refractivity contribution < 1.29 is 9.84 Å². The molecule has 0 spiro atoms. The molecule has 0 radical (unpaired) electrons. The Morgan fingerprint density at radius 2 is 1.86 bits per heavy atom. The van der Waals surface area contributed by atoms with Gasteiger partial charge in [0.25, 0.3) is 0 Å². The number of nitrogens with two attached hydrogens (primary N) is 1. The van der Waals surface area contributed by atoms with Crippen molar-refractivity contribution in [2.45, 2.75) is 19.8 Å². The molecule has 0 atom stereocenters. The quantitative estimate of drug-likeness (QED) is 0.502. The first-order chi connectivity index (χ1) is 13.7. The molecule has 3 N–H and O–H groups in total. The average Bonchev–Trinajstić information content (AvgIpc) is 2.71. The first-order valence-electron chi connectivity index (χ1n) is 9.42. The molecule has 4 aromatic rings. The topological polar surface area (TPSA) is 81.3 Å². The summed E-state index contributed by atoms with van der Waals surface area (Å²) in [5, 5.41) is 11.0. The highest BCUT2D eigenvalue weighted by molar-refractivity contribution is 6.09. The van der Waals surface area contributed by atoms with E-state index in [1.165, 1.54) is 11.1 Å². The number of nitrogens with zero attached hydrogens (tertiary/aromatic N) is 2. The Hall–Kier alpha value is -3.18. The molecule has 2 aromatic carbocycles. The molecule has 0 saturated carbocycles. The standard InChI is InChI=1S/C23H23N3O2/c1-15-2-9-19-20(14-15)26-23(24)22-21(19)17(10-11-25-22)6-3-16-4-7-18(8-5-16)28-13-12-27/h2,4-5,7-11,14,27H,3,6,12-13H2,1H3,(H2,24,26). The second-order valence-electron chi connectivity index (χ2n) is 6.93. The van der Waals surface area contributed by atoms with Gasteiger partial charge in [-0.05, 0) is 60.7 Å². The van der Waals surface area contributed by atoms with E-state index < -0.39 is 0 Å². The van der Waals surface area contributed by atoms with Crippen LogP contribution in [0.3, 0.4) is 0 Å². The van der Waals surface area contributed by atoms with E-state index in [0.717, 1.165) is 46.0 Å². The van der Waals surface area contributed by atoms with Crippen molar-refractivity contribution >= 4 is 27.6 Å². The summed E-state index contributed by atoms with van der Waals surface area (Å²) in [6.45, 7) is 2.38. The van der Waals surface area contributed by atoms with Crippen LogP contribution >= 0.6 is 0 Å². The number of ether oxygens (including phenoxy) is 1. The number of hydrogen-bond donors (Lipinski definition) is 2. The van der Waals surface area contributed by atoms with Crippen LogP contribution in [0.15, 0.2) is 54.7 Å². The van der Waals surface area contributed by atoms with Gasteiger partial charge in [-0.3, -0.25) is 4.98 Å². The molecule has 5 nitrogen and oxygen atoms in total. The number of anilines is 1. The maximum Gasteiger partial charge on any atom is 0.150 e. The fourth-order valence-electron chi connectivity index (χ4n) is 3.53. The smallest absolute Gasteiger partial charge is 0.150 e. The maximum atomic E-state index is 8.85. The number of rotatable bonds is 6. The monoisotopic (exact) mass is 373 g/mol. The zero-order valence-electron chi connectivity index (χ0n) is 15.9. The van der Waals surface area contributed by atoms with Crippen molar-refractivity contribution in [3.8, 4) is 5.75 Å². The number of nitrogen functional groups attached to an aromatic ring is 1. The van der Waals surface area contributed by atoms with Crippen LogP contribution in [0.4, 0.5) is 5.82 Å². The Labute approximate surface area is 163 Å². The molecule has 2 aromatic heterocycles. The zero-order valence-corrected chi connectivity index (χ0v) is 15.9. The van der Waals surface area contributed by atoms with Crippen LogP contribution in [-0.2, 0) is 12.8 Å². The van der Waals surface area contributed by atoms with Gasteiger partial charge in [0.1, 0.15) is 17.9 Å². The van der Waals surface area contributed by atoms with Gasteiger partial charge in [-0.1, -0.05) is 24.3 Å². The molecule has 28 heavy (non-hydrogen) atoms. The largest absolute Gasteiger partial charge is 0.491 e. The van der Waals surface area contributed by atoms with Crippen molar-refractivity contribution in [3.63, 3.8) is 0 Å². The Morgan fingerprint density at radius 3 is 2.64 bits per heavy atom. The van der Waals surface area contributed by atoms with E-state index in [9.17, 15) is 0 Å². The van der Waals surface area contributed by atoms with Crippen LogP contribution in [0.1, 0.15) is 16.7 Å². The number of hydrogen-bond acceptors (Lipinski definition) is 5. The lowest BCUT2D eigenvalue weighted by Crippen LogP contribution is -2.02. The Bertz CT molecular complexity index is 1120. The summed E-state index contributed by atoms with van der Waals surface area (Å²) < 4.78 is 5.42. The van der Waals surface area contributed by atoms with E-state index in [-0.39, 0.29) is 6.61 Å². The molecule has 0 fully saturated rings. The molecule has 5 heteroatoms. The number of aliphatic hydroxyl groups excluding tert-OH is 1. The van der Waals surface area contributed by atoms with Crippen molar-refractivity contribution in [2.75, 3.05) is 18.9 Å². The average molecular weight is 373 g/mol. The van der Waals surface area contributed by atoms with Gasteiger partial charge in [0.2, 0.25) is 0 Å². The first-order valence-corrected chi connectivity index (χ1v) is 9.42.